The third-order valence-electron chi connectivity index (χ3n) is 4.40. The molecule has 2 aromatic carbocycles. The summed E-state index contributed by atoms with van der Waals surface area (Å²) in [4.78, 5) is 12.2. The second-order valence-electron chi connectivity index (χ2n) is 6.58. The Morgan fingerprint density at radius 3 is 2.85 bits per heavy atom. The molecule has 1 unspecified atom stereocenters. The monoisotopic (exact) mass is 354 g/mol. The van der Waals surface area contributed by atoms with Gasteiger partial charge < -0.3 is 20.1 Å². The van der Waals surface area contributed by atoms with Gasteiger partial charge in [0.2, 0.25) is 0 Å². The predicted octanol–water partition coefficient (Wildman–Crippen LogP) is 4.26. The summed E-state index contributed by atoms with van der Waals surface area (Å²) in [6, 6.07) is 15.5. The van der Waals surface area contributed by atoms with E-state index in [0.717, 1.165) is 37.0 Å². The Labute approximate surface area is 154 Å². The molecular formula is C21H26N2O3. The van der Waals surface area contributed by atoms with Crippen molar-refractivity contribution in [1.29, 1.82) is 0 Å². The van der Waals surface area contributed by atoms with Crippen molar-refractivity contribution in [2.75, 3.05) is 18.5 Å². The Kier molecular flexibility index (Phi) is 6.50. The average molecular weight is 354 g/mol. The number of carbonyl (C=O) groups excluding carboxylic acids is 1. The fraction of sp³-hybridized carbons (Fsp3) is 0.381. The van der Waals surface area contributed by atoms with Gasteiger partial charge in [0.1, 0.15) is 12.4 Å². The maximum absolute atomic E-state index is 12.2. The summed E-state index contributed by atoms with van der Waals surface area (Å²) in [6.07, 6.45) is 3.32. The van der Waals surface area contributed by atoms with Crippen LogP contribution in [-0.2, 0) is 11.3 Å². The van der Waals surface area contributed by atoms with Crippen LogP contribution in [-0.4, -0.2) is 25.3 Å². The van der Waals surface area contributed by atoms with Gasteiger partial charge in [0.15, 0.2) is 0 Å². The smallest absolute Gasteiger partial charge is 0.319 e. The Morgan fingerprint density at radius 2 is 2.08 bits per heavy atom. The molecule has 0 spiro atoms. The number of ether oxygens (including phenoxy) is 2. The number of nitrogens with one attached hydrogen (secondary N) is 2. The minimum atomic E-state index is -0.226. The van der Waals surface area contributed by atoms with E-state index in [1.165, 1.54) is 0 Å². The molecule has 2 amide bonds. The molecule has 1 aliphatic heterocycles. The standard InChI is InChI=1S/C21H26N2O3/c1-16-9-10-19(20(14-16)26-15-17-6-3-2-4-7-17)23-21(24)22-12-11-18-8-5-13-25-18/h2-4,6-7,9-10,14,18H,5,8,11-13,15H2,1H3,(H2,22,23,24). The summed E-state index contributed by atoms with van der Waals surface area (Å²) in [7, 11) is 0. The van der Waals surface area contributed by atoms with Crippen molar-refractivity contribution in [2.45, 2.75) is 38.9 Å². The van der Waals surface area contributed by atoms with Crippen molar-refractivity contribution >= 4 is 11.7 Å². The summed E-state index contributed by atoms with van der Waals surface area (Å²) < 4.78 is 11.5. The van der Waals surface area contributed by atoms with E-state index in [4.69, 9.17) is 9.47 Å². The number of amides is 2. The van der Waals surface area contributed by atoms with Gasteiger partial charge in [-0.2, -0.15) is 0 Å². The third kappa shape index (κ3) is 5.49. The van der Waals surface area contributed by atoms with Gasteiger partial charge in [0, 0.05) is 13.2 Å². The van der Waals surface area contributed by atoms with E-state index >= 15 is 0 Å². The SMILES string of the molecule is Cc1ccc(NC(=O)NCCC2CCCO2)c(OCc2ccccc2)c1. The Morgan fingerprint density at radius 1 is 1.23 bits per heavy atom. The molecule has 0 bridgehead atoms. The van der Waals surface area contributed by atoms with E-state index < -0.39 is 0 Å². The van der Waals surface area contributed by atoms with Gasteiger partial charge in [-0.25, -0.2) is 4.79 Å². The summed E-state index contributed by atoms with van der Waals surface area (Å²) in [5.41, 5.74) is 2.83. The van der Waals surface area contributed by atoms with Gasteiger partial charge in [-0.3, -0.25) is 0 Å². The van der Waals surface area contributed by atoms with Crippen molar-refractivity contribution in [3.05, 3.63) is 59.7 Å². The number of rotatable bonds is 7. The maximum Gasteiger partial charge on any atom is 0.319 e. The topological polar surface area (TPSA) is 59.6 Å². The van der Waals surface area contributed by atoms with Gasteiger partial charge in [-0.1, -0.05) is 36.4 Å². The second-order valence-corrected chi connectivity index (χ2v) is 6.58. The number of carbonyl (C=O) groups is 1. The highest BCUT2D eigenvalue weighted by Crippen LogP contribution is 2.26. The number of benzene rings is 2. The van der Waals surface area contributed by atoms with Crippen LogP contribution >= 0.6 is 0 Å². The largest absolute Gasteiger partial charge is 0.487 e. The lowest BCUT2D eigenvalue weighted by Crippen LogP contribution is -2.31. The van der Waals surface area contributed by atoms with Gasteiger partial charge in [0.05, 0.1) is 11.8 Å². The molecule has 5 heteroatoms. The Hall–Kier alpha value is -2.53. The number of hydrogen-bond donors (Lipinski definition) is 2. The van der Waals surface area contributed by atoms with Crippen LogP contribution in [0.3, 0.4) is 0 Å². The summed E-state index contributed by atoms with van der Waals surface area (Å²) in [5.74, 6) is 0.670. The van der Waals surface area contributed by atoms with Crippen molar-refractivity contribution in [2.24, 2.45) is 0 Å². The van der Waals surface area contributed by atoms with E-state index in [2.05, 4.69) is 10.6 Å². The molecule has 1 atom stereocenters. The molecule has 1 fully saturated rings. The zero-order valence-corrected chi connectivity index (χ0v) is 15.2. The summed E-state index contributed by atoms with van der Waals surface area (Å²) >= 11 is 0. The third-order valence-corrected chi connectivity index (χ3v) is 4.40. The number of anilines is 1. The van der Waals surface area contributed by atoms with Crippen molar-refractivity contribution in [3.63, 3.8) is 0 Å². The van der Waals surface area contributed by atoms with Crippen molar-refractivity contribution in [1.82, 2.24) is 5.32 Å². The molecular weight excluding hydrogens is 328 g/mol. The van der Waals surface area contributed by atoms with E-state index in [0.29, 0.717) is 24.6 Å². The zero-order chi connectivity index (χ0) is 18.2. The Balaban J connectivity index is 1.53. The molecule has 3 rings (SSSR count). The molecule has 0 aliphatic carbocycles. The first-order valence-corrected chi connectivity index (χ1v) is 9.14. The molecule has 26 heavy (non-hydrogen) atoms. The van der Waals surface area contributed by atoms with Crippen LogP contribution in [0, 0.1) is 6.92 Å². The van der Waals surface area contributed by atoms with Crippen LogP contribution in [0.25, 0.3) is 0 Å². The van der Waals surface area contributed by atoms with E-state index in [9.17, 15) is 4.79 Å². The normalized spacial score (nSPS) is 16.3. The van der Waals surface area contributed by atoms with Gasteiger partial charge in [-0.15, -0.1) is 0 Å². The zero-order valence-electron chi connectivity index (χ0n) is 15.2. The van der Waals surface area contributed by atoms with Crippen molar-refractivity contribution < 1.29 is 14.3 Å². The molecule has 5 nitrogen and oxygen atoms in total. The number of aryl methyl sites for hydroxylation is 1. The Bertz CT molecular complexity index is 712. The highest BCUT2D eigenvalue weighted by Gasteiger charge is 2.15. The number of hydrogen-bond acceptors (Lipinski definition) is 3. The molecule has 1 heterocycles. The van der Waals surface area contributed by atoms with E-state index in [1.54, 1.807) is 0 Å². The van der Waals surface area contributed by atoms with E-state index in [1.807, 2.05) is 55.5 Å². The van der Waals surface area contributed by atoms with Crippen LogP contribution < -0.4 is 15.4 Å². The first-order chi connectivity index (χ1) is 12.7. The van der Waals surface area contributed by atoms with Crippen LogP contribution in [0.15, 0.2) is 48.5 Å². The van der Waals surface area contributed by atoms with Crippen LogP contribution in [0.2, 0.25) is 0 Å². The predicted molar refractivity (Wildman–Crippen MR) is 103 cm³/mol. The minimum Gasteiger partial charge on any atom is -0.487 e. The molecule has 0 radical (unpaired) electrons. The summed E-state index contributed by atoms with van der Waals surface area (Å²) in [5, 5.41) is 5.77. The molecule has 138 valence electrons. The average Bonchev–Trinajstić information content (AvgIpc) is 3.16. The molecule has 1 aliphatic rings. The maximum atomic E-state index is 12.2. The van der Waals surface area contributed by atoms with Gasteiger partial charge in [0.25, 0.3) is 0 Å². The molecule has 1 saturated heterocycles. The lowest BCUT2D eigenvalue weighted by Gasteiger charge is -2.15. The lowest BCUT2D eigenvalue weighted by atomic mass is 10.2. The summed E-state index contributed by atoms with van der Waals surface area (Å²) in [6.45, 7) is 3.89. The fourth-order valence-electron chi connectivity index (χ4n) is 2.97. The van der Waals surface area contributed by atoms with Gasteiger partial charge in [-0.05, 0) is 49.4 Å². The van der Waals surface area contributed by atoms with Crippen molar-refractivity contribution in [3.8, 4) is 5.75 Å². The molecule has 2 N–H and O–H groups in total. The second kappa shape index (κ2) is 9.25. The van der Waals surface area contributed by atoms with Crippen LogP contribution in [0.1, 0.15) is 30.4 Å². The minimum absolute atomic E-state index is 0.226. The van der Waals surface area contributed by atoms with Crippen LogP contribution in [0.4, 0.5) is 10.5 Å². The molecule has 2 aromatic rings. The van der Waals surface area contributed by atoms with Crippen LogP contribution in [0.5, 0.6) is 5.75 Å². The van der Waals surface area contributed by atoms with Gasteiger partial charge >= 0.3 is 6.03 Å². The molecule has 0 saturated carbocycles. The highest BCUT2D eigenvalue weighted by molar-refractivity contribution is 5.90. The van der Waals surface area contributed by atoms with E-state index in [-0.39, 0.29) is 12.1 Å². The quantitative estimate of drug-likeness (QED) is 0.781. The number of urea groups is 1. The first-order valence-electron chi connectivity index (χ1n) is 9.14. The first kappa shape index (κ1) is 18.3. The lowest BCUT2D eigenvalue weighted by molar-refractivity contribution is 0.105. The fourth-order valence-corrected chi connectivity index (χ4v) is 2.97. The molecule has 0 aromatic heterocycles. The highest BCUT2D eigenvalue weighted by atomic mass is 16.5.